The fourth-order valence-electron chi connectivity index (χ4n) is 3.18. The minimum absolute atomic E-state index is 0. The van der Waals surface area contributed by atoms with Crippen molar-refractivity contribution in [1.82, 2.24) is 19.8 Å². The molecule has 12 nitrogen and oxygen atoms in total. The molecule has 0 atom stereocenters. The molecule has 2 N–H and O–H groups in total. The van der Waals surface area contributed by atoms with Crippen molar-refractivity contribution in [2.75, 3.05) is 5.32 Å². The third kappa shape index (κ3) is 7.29. The summed E-state index contributed by atoms with van der Waals surface area (Å²) >= 11 is 0. The van der Waals surface area contributed by atoms with Gasteiger partial charge in [-0.15, -0.1) is 5.10 Å². The fourth-order valence-corrected chi connectivity index (χ4v) is 4.34. The van der Waals surface area contributed by atoms with Crippen LogP contribution >= 0.6 is 0 Å². The number of fused-ring (bicyclic) bond motifs is 1. The van der Waals surface area contributed by atoms with E-state index < -0.39 is 41.5 Å². The second kappa shape index (κ2) is 11.3. The first kappa shape index (κ1) is 31.6. The van der Waals surface area contributed by atoms with Crippen LogP contribution in [0.25, 0.3) is 17.0 Å². The number of aromatic amines is 1. The topological polar surface area (TPSA) is 189 Å². The van der Waals surface area contributed by atoms with E-state index in [1.807, 2.05) is 6.07 Å². The first-order valence-electron chi connectivity index (χ1n) is 10.1. The predicted octanol–water partition coefficient (Wildman–Crippen LogP) is -3.91. The van der Waals surface area contributed by atoms with Crippen molar-refractivity contribution in [2.24, 2.45) is 0 Å². The molecule has 0 aliphatic heterocycles. The minimum atomic E-state index is -5.12. The summed E-state index contributed by atoms with van der Waals surface area (Å²) in [7, 11) is -10.2. The summed E-state index contributed by atoms with van der Waals surface area (Å²) in [4.78, 5) is 15.1. The first-order valence-corrected chi connectivity index (χ1v) is 12.9. The second-order valence-corrected chi connectivity index (χ2v) is 11.5. The number of carbonyl (C=O) groups is 1. The number of benzene rings is 2. The molecule has 0 aliphatic carbocycles. The Hall–Kier alpha value is -1.59. The first-order chi connectivity index (χ1) is 16.1. The summed E-state index contributed by atoms with van der Waals surface area (Å²) in [6.45, 7) is 6.17. The second-order valence-electron chi connectivity index (χ2n) is 8.76. The van der Waals surface area contributed by atoms with Gasteiger partial charge in [-0.2, -0.15) is 4.63 Å². The zero-order valence-electron chi connectivity index (χ0n) is 20.6. The molecule has 0 fully saturated rings. The minimum Gasteiger partial charge on any atom is -0.744 e. The summed E-state index contributed by atoms with van der Waals surface area (Å²) in [6, 6.07) is 10.1. The Morgan fingerprint density at radius 2 is 1.46 bits per heavy atom. The molecule has 0 spiro atoms. The maximum absolute atomic E-state index is 12.6. The van der Waals surface area contributed by atoms with E-state index in [0.717, 1.165) is 5.69 Å². The molecule has 4 rings (SSSR count). The molecule has 0 saturated carbocycles. The average molecular weight is 564 g/mol. The van der Waals surface area contributed by atoms with Crippen LogP contribution in [0.1, 0.15) is 36.8 Å². The van der Waals surface area contributed by atoms with E-state index in [2.05, 4.69) is 41.3 Å². The molecule has 0 radical (unpaired) electrons. The van der Waals surface area contributed by atoms with Crippen molar-refractivity contribution in [3.63, 3.8) is 0 Å². The number of nitrogens with one attached hydrogen (secondary N) is 2. The summed E-state index contributed by atoms with van der Waals surface area (Å²) in [6.07, 6.45) is 0. The van der Waals surface area contributed by atoms with Crippen molar-refractivity contribution in [3.8, 4) is 11.4 Å². The zero-order valence-corrected chi connectivity index (χ0v) is 26.3. The number of carbonyl (C=O) groups excluding carboxylic acids is 1. The van der Waals surface area contributed by atoms with Gasteiger partial charge in [0.05, 0.1) is 9.79 Å². The van der Waals surface area contributed by atoms with Crippen LogP contribution in [-0.2, 0) is 25.7 Å². The smallest absolute Gasteiger partial charge is 0.744 e. The van der Waals surface area contributed by atoms with E-state index in [1.54, 1.807) is 16.8 Å². The Bertz CT molecular complexity index is 1590. The van der Waals surface area contributed by atoms with Gasteiger partial charge in [0.1, 0.15) is 20.2 Å². The van der Waals surface area contributed by atoms with Gasteiger partial charge in [0, 0.05) is 34.0 Å². The molecular formula is C21H19N5Na2O7S2. The summed E-state index contributed by atoms with van der Waals surface area (Å²) in [5.74, 6) is -0.482. The van der Waals surface area contributed by atoms with Crippen molar-refractivity contribution >= 4 is 37.5 Å². The monoisotopic (exact) mass is 563 g/mol. The van der Waals surface area contributed by atoms with E-state index in [0.29, 0.717) is 35.2 Å². The maximum Gasteiger partial charge on any atom is 1.00 e. The van der Waals surface area contributed by atoms with Gasteiger partial charge in [-0.1, -0.05) is 20.8 Å². The number of anilines is 1. The number of hydrogen-bond acceptors (Lipinski definition) is 9. The normalized spacial score (nSPS) is 12.0. The van der Waals surface area contributed by atoms with E-state index >= 15 is 0 Å². The van der Waals surface area contributed by atoms with Crippen LogP contribution in [0.15, 0.2) is 58.3 Å². The van der Waals surface area contributed by atoms with Crippen LogP contribution in [0.2, 0.25) is 0 Å². The Morgan fingerprint density at radius 3 is 1.92 bits per heavy atom. The van der Waals surface area contributed by atoms with Crippen LogP contribution < -0.4 is 64.4 Å². The van der Waals surface area contributed by atoms with Crippen molar-refractivity contribution in [1.29, 1.82) is 0 Å². The molecule has 0 saturated heterocycles. The van der Waals surface area contributed by atoms with Gasteiger partial charge in [-0.3, -0.25) is 9.89 Å². The molecule has 2 heterocycles. The van der Waals surface area contributed by atoms with Crippen LogP contribution in [0.3, 0.4) is 0 Å². The predicted molar refractivity (Wildman–Crippen MR) is 122 cm³/mol. The molecule has 0 aliphatic rings. The quantitative estimate of drug-likeness (QED) is 0.181. The largest absolute Gasteiger partial charge is 1.00 e. The number of rotatable bonds is 5. The number of nitrogens with zero attached hydrogens (tertiary/aromatic N) is 3. The van der Waals surface area contributed by atoms with Gasteiger partial charge in [-0.05, 0) is 42.5 Å². The van der Waals surface area contributed by atoms with Crippen LogP contribution in [0.5, 0.6) is 0 Å². The standard InChI is InChI=1S/C21H21N5O7S2.2Na/c1-21(2,3)17-11-18-23-19(25-26(18)24-17)12-4-6-14(7-5-12)22-20(27)13-8-15(34(28,29)30)10-16(9-13)35(31,32)33;;/h4-11,24H,1-3H3,(H,22,27)(H,28,29,30)(H,31,32,33);;/q;2*+1/p-2. The van der Waals surface area contributed by atoms with E-state index in [-0.39, 0.29) is 70.2 Å². The molecule has 0 bridgehead atoms. The van der Waals surface area contributed by atoms with Gasteiger partial charge >= 0.3 is 59.1 Å². The van der Waals surface area contributed by atoms with Crippen LogP contribution in [0.4, 0.5) is 5.69 Å². The van der Waals surface area contributed by atoms with E-state index in [4.69, 9.17) is 0 Å². The summed E-state index contributed by atoms with van der Waals surface area (Å²) in [5.41, 5.74) is 1.95. The SMILES string of the molecule is CC(C)(C)c1cc2nc(-c3ccc(NC(=O)c4cc(S(=O)(=O)[O-])cc(S(=O)(=O)[O-])c4)cc3)nn2[nH]1.[Na+].[Na+]. The third-order valence-electron chi connectivity index (χ3n) is 5.06. The third-order valence-corrected chi connectivity index (χ3v) is 6.69. The van der Waals surface area contributed by atoms with Gasteiger partial charge in [0.25, 0.3) is 5.91 Å². The molecule has 0 unspecified atom stereocenters. The zero-order chi connectivity index (χ0) is 25.8. The van der Waals surface area contributed by atoms with Crippen LogP contribution in [0, 0.1) is 0 Å². The number of H-pyrrole nitrogens is 1. The molecule has 1 amide bonds. The van der Waals surface area contributed by atoms with Gasteiger partial charge in [-0.25, -0.2) is 21.8 Å². The van der Waals surface area contributed by atoms with Crippen molar-refractivity contribution in [2.45, 2.75) is 36.0 Å². The van der Waals surface area contributed by atoms with Gasteiger partial charge < -0.3 is 14.4 Å². The summed E-state index contributed by atoms with van der Waals surface area (Å²) < 4.78 is 69.5. The Labute approximate surface area is 257 Å². The van der Waals surface area contributed by atoms with Crippen LogP contribution in [-0.4, -0.2) is 51.7 Å². The molecule has 37 heavy (non-hydrogen) atoms. The fraction of sp³-hybridized carbons (Fsp3) is 0.190. The number of hydrogen-bond donors (Lipinski definition) is 2. The Morgan fingerprint density at radius 1 is 0.919 bits per heavy atom. The van der Waals surface area contributed by atoms with E-state index in [9.17, 15) is 30.7 Å². The molecule has 2 aromatic heterocycles. The molecule has 2 aromatic carbocycles. The van der Waals surface area contributed by atoms with Gasteiger partial charge in [0.15, 0.2) is 11.5 Å². The number of aromatic nitrogens is 4. The maximum atomic E-state index is 12.6. The van der Waals surface area contributed by atoms with Crippen molar-refractivity contribution < 1.29 is 89.9 Å². The Kier molecular flexibility index (Phi) is 9.62. The molecule has 16 heteroatoms. The van der Waals surface area contributed by atoms with E-state index in [1.165, 1.54) is 12.1 Å². The van der Waals surface area contributed by atoms with Crippen molar-refractivity contribution in [3.05, 3.63) is 59.8 Å². The van der Waals surface area contributed by atoms with Gasteiger partial charge in [0.2, 0.25) is 0 Å². The molecule has 184 valence electrons. The summed E-state index contributed by atoms with van der Waals surface area (Å²) in [5, 5.41) is 10.0. The average Bonchev–Trinajstić information content (AvgIpc) is 3.32. The number of amides is 1. The molecular weight excluding hydrogens is 544 g/mol. The Balaban J connectivity index is 0.00000241. The molecule has 4 aromatic rings.